The fourth-order valence-corrected chi connectivity index (χ4v) is 3.91. The first kappa shape index (κ1) is 11.9. The van der Waals surface area contributed by atoms with Gasteiger partial charge in [-0.1, -0.05) is 48.0 Å². The first-order valence-corrected chi connectivity index (χ1v) is 7.44. The zero-order valence-corrected chi connectivity index (χ0v) is 11.7. The van der Waals surface area contributed by atoms with Gasteiger partial charge in [-0.3, -0.25) is 4.79 Å². The number of hydrogen-bond acceptors (Lipinski definition) is 1. The Morgan fingerprint density at radius 3 is 2.80 bits per heavy atom. The molecular weight excluding hydrogens is 244 g/mol. The third-order valence-corrected chi connectivity index (χ3v) is 4.94. The number of carbonyl (C=O) groups is 1. The summed E-state index contributed by atoms with van der Waals surface area (Å²) in [7, 11) is 0. The maximum atomic E-state index is 12.7. The van der Waals surface area contributed by atoms with Crippen LogP contribution in [0.5, 0.6) is 0 Å². The molecule has 1 nitrogen and oxygen atoms in total. The van der Waals surface area contributed by atoms with Gasteiger partial charge in [0.2, 0.25) is 0 Å². The summed E-state index contributed by atoms with van der Waals surface area (Å²) in [5.41, 5.74) is 4.93. The Morgan fingerprint density at radius 2 is 1.95 bits per heavy atom. The van der Waals surface area contributed by atoms with E-state index in [4.69, 9.17) is 0 Å². The first-order valence-electron chi connectivity index (χ1n) is 7.44. The molecule has 0 heterocycles. The van der Waals surface area contributed by atoms with Gasteiger partial charge in [-0.25, -0.2) is 0 Å². The Morgan fingerprint density at radius 1 is 1.10 bits per heavy atom. The van der Waals surface area contributed by atoms with Crippen LogP contribution in [0.2, 0.25) is 0 Å². The summed E-state index contributed by atoms with van der Waals surface area (Å²) in [5.74, 6) is 1.63. The maximum absolute atomic E-state index is 12.7. The highest BCUT2D eigenvalue weighted by Crippen LogP contribution is 2.60. The summed E-state index contributed by atoms with van der Waals surface area (Å²) in [6.45, 7) is 2.05. The minimum Gasteiger partial charge on any atom is -0.294 e. The molecule has 20 heavy (non-hydrogen) atoms. The van der Waals surface area contributed by atoms with Crippen molar-refractivity contribution in [1.29, 1.82) is 0 Å². The molecule has 100 valence electrons. The van der Waals surface area contributed by atoms with Gasteiger partial charge in [0.1, 0.15) is 0 Å². The Kier molecular flexibility index (Phi) is 2.56. The summed E-state index contributed by atoms with van der Waals surface area (Å²) in [6.07, 6.45) is 2.30. The summed E-state index contributed by atoms with van der Waals surface area (Å²) >= 11 is 0. The van der Waals surface area contributed by atoms with Crippen LogP contribution in [-0.4, -0.2) is 5.78 Å². The van der Waals surface area contributed by atoms with Crippen molar-refractivity contribution in [3.05, 3.63) is 70.8 Å². The van der Waals surface area contributed by atoms with Gasteiger partial charge in [-0.2, -0.15) is 0 Å². The van der Waals surface area contributed by atoms with E-state index >= 15 is 0 Å². The van der Waals surface area contributed by atoms with Crippen LogP contribution < -0.4 is 0 Å². The molecule has 2 aliphatic carbocycles. The number of Topliss-reactive ketones (excluding diaryl/α,β-unsaturated/α-hetero) is 1. The molecule has 2 aromatic carbocycles. The molecule has 1 heteroatoms. The summed E-state index contributed by atoms with van der Waals surface area (Å²) in [5, 5.41) is 0. The molecule has 4 rings (SSSR count). The second-order valence-electron chi connectivity index (χ2n) is 6.19. The minimum atomic E-state index is 0.223. The zero-order chi connectivity index (χ0) is 13.7. The standard InChI is InChI=1S/C19H18O/c1-12-5-4-7-14(11-12)19(20)18-16-10-9-13-6-2-3-8-15(13)17(16)18/h2-8,11,16-18H,9-10H2,1H3. The van der Waals surface area contributed by atoms with Gasteiger partial charge in [-0.05, 0) is 48.8 Å². The first-order chi connectivity index (χ1) is 9.75. The van der Waals surface area contributed by atoms with E-state index in [2.05, 4.69) is 24.3 Å². The van der Waals surface area contributed by atoms with Gasteiger partial charge >= 0.3 is 0 Å². The SMILES string of the molecule is Cc1cccc(C(=O)C2C3CCc4ccccc4C32)c1. The van der Waals surface area contributed by atoms with E-state index < -0.39 is 0 Å². The number of hydrogen-bond donors (Lipinski definition) is 0. The van der Waals surface area contributed by atoms with E-state index in [9.17, 15) is 4.79 Å². The van der Waals surface area contributed by atoms with Crippen molar-refractivity contribution in [2.75, 3.05) is 0 Å². The molecule has 1 saturated carbocycles. The van der Waals surface area contributed by atoms with Crippen LogP contribution in [0.15, 0.2) is 48.5 Å². The van der Waals surface area contributed by atoms with Gasteiger partial charge in [0.25, 0.3) is 0 Å². The number of fused-ring (bicyclic) bond motifs is 3. The zero-order valence-electron chi connectivity index (χ0n) is 11.7. The van der Waals surface area contributed by atoms with Crippen LogP contribution in [0.4, 0.5) is 0 Å². The van der Waals surface area contributed by atoms with Crippen molar-refractivity contribution in [2.24, 2.45) is 11.8 Å². The molecule has 0 saturated heterocycles. The third-order valence-electron chi connectivity index (χ3n) is 4.94. The number of carbonyl (C=O) groups excluding carboxylic acids is 1. The fraction of sp³-hybridized carbons (Fsp3) is 0.316. The lowest BCUT2D eigenvalue weighted by Crippen LogP contribution is -2.04. The Bertz CT molecular complexity index is 686. The molecule has 0 spiro atoms. The second-order valence-corrected chi connectivity index (χ2v) is 6.19. The molecule has 0 N–H and O–H groups in total. The van der Waals surface area contributed by atoms with Crippen LogP contribution in [-0.2, 0) is 6.42 Å². The Hall–Kier alpha value is -1.89. The smallest absolute Gasteiger partial charge is 0.166 e. The molecule has 3 atom stereocenters. The van der Waals surface area contributed by atoms with Crippen molar-refractivity contribution in [2.45, 2.75) is 25.7 Å². The van der Waals surface area contributed by atoms with Crippen LogP contribution >= 0.6 is 0 Å². The highest BCUT2D eigenvalue weighted by Gasteiger charge is 2.56. The van der Waals surface area contributed by atoms with E-state index in [1.54, 1.807) is 0 Å². The van der Waals surface area contributed by atoms with Crippen molar-refractivity contribution in [1.82, 2.24) is 0 Å². The van der Waals surface area contributed by atoms with Gasteiger partial charge in [0.15, 0.2) is 5.78 Å². The molecular formula is C19H18O. The average molecular weight is 262 g/mol. The molecule has 0 bridgehead atoms. The normalized spacial score (nSPS) is 26.6. The van der Waals surface area contributed by atoms with E-state index in [0.717, 1.165) is 12.0 Å². The number of benzene rings is 2. The number of rotatable bonds is 2. The van der Waals surface area contributed by atoms with Crippen LogP contribution in [0, 0.1) is 18.8 Å². The lowest BCUT2D eigenvalue weighted by Gasteiger charge is -2.13. The summed E-state index contributed by atoms with van der Waals surface area (Å²) < 4.78 is 0. The largest absolute Gasteiger partial charge is 0.294 e. The molecule has 2 aromatic rings. The molecule has 0 amide bonds. The van der Waals surface area contributed by atoms with Crippen molar-refractivity contribution >= 4 is 5.78 Å². The van der Waals surface area contributed by atoms with Crippen LogP contribution in [0.25, 0.3) is 0 Å². The second kappa shape index (κ2) is 4.31. The van der Waals surface area contributed by atoms with Crippen LogP contribution in [0.1, 0.15) is 39.4 Å². The minimum absolute atomic E-state index is 0.223. The molecule has 0 radical (unpaired) electrons. The summed E-state index contributed by atoms with van der Waals surface area (Å²) in [4.78, 5) is 12.7. The van der Waals surface area contributed by atoms with Crippen molar-refractivity contribution < 1.29 is 4.79 Å². The fourth-order valence-electron chi connectivity index (χ4n) is 3.91. The number of ketones is 1. The highest BCUT2D eigenvalue weighted by molar-refractivity contribution is 6.01. The number of aryl methyl sites for hydroxylation is 2. The summed E-state index contributed by atoms with van der Waals surface area (Å²) in [6, 6.07) is 16.7. The van der Waals surface area contributed by atoms with Gasteiger partial charge < -0.3 is 0 Å². The average Bonchev–Trinajstić information content (AvgIpc) is 3.21. The van der Waals surface area contributed by atoms with Gasteiger partial charge in [-0.15, -0.1) is 0 Å². The molecule has 0 aromatic heterocycles. The topological polar surface area (TPSA) is 17.1 Å². The van der Waals surface area contributed by atoms with Crippen molar-refractivity contribution in [3.63, 3.8) is 0 Å². The maximum Gasteiger partial charge on any atom is 0.166 e. The predicted molar refractivity (Wildman–Crippen MR) is 80.0 cm³/mol. The van der Waals surface area contributed by atoms with E-state index in [1.807, 2.05) is 31.2 Å². The monoisotopic (exact) mass is 262 g/mol. The quantitative estimate of drug-likeness (QED) is 0.743. The molecule has 1 fully saturated rings. The van der Waals surface area contributed by atoms with E-state index in [0.29, 0.717) is 17.6 Å². The van der Waals surface area contributed by atoms with E-state index in [-0.39, 0.29) is 5.92 Å². The van der Waals surface area contributed by atoms with Crippen molar-refractivity contribution in [3.8, 4) is 0 Å². The molecule has 2 aliphatic rings. The lowest BCUT2D eigenvalue weighted by atomic mass is 9.92. The predicted octanol–water partition coefficient (Wildman–Crippen LogP) is 4.15. The third kappa shape index (κ3) is 1.73. The molecule has 3 unspecified atom stereocenters. The Balaban J connectivity index is 1.65. The Labute approximate surface area is 119 Å². The highest BCUT2D eigenvalue weighted by atomic mass is 16.1. The lowest BCUT2D eigenvalue weighted by molar-refractivity contribution is 0.0959. The molecule has 0 aliphatic heterocycles. The van der Waals surface area contributed by atoms with Gasteiger partial charge in [0, 0.05) is 11.5 Å². The van der Waals surface area contributed by atoms with E-state index in [1.165, 1.54) is 23.1 Å². The van der Waals surface area contributed by atoms with Gasteiger partial charge in [0.05, 0.1) is 0 Å². The van der Waals surface area contributed by atoms with Crippen LogP contribution in [0.3, 0.4) is 0 Å².